The first-order chi connectivity index (χ1) is 21.9. The summed E-state index contributed by atoms with van der Waals surface area (Å²) in [7, 11) is 3.13. The molecule has 0 saturated carbocycles. The number of carbonyl (C=O) groups is 2. The molecule has 2 aliphatic rings. The third kappa shape index (κ3) is 5.83. The number of esters is 1. The molecule has 0 radical (unpaired) electrons. The molecule has 1 unspecified atom stereocenters. The fraction of sp³-hybridized carbons (Fsp3) is 0.176. The van der Waals surface area contributed by atoms with Gasteiger partial charge in [0.15, 0.2) is 17.8 Å². The van der Waals surface area contributed by atoms with Gasteiger partial charge < -0.3 is 28.8 Å². The highest BCUT2D eigenvalue weighted by molar-refractivity contribution is 7.00. The van der Waals surface area contributed by atoms with Gasteiger partial charge in [-0.05, 0) is 59.7 Å². The van der Waals surface area contributed by atoms with E-state index in [0.29, 0.717) is 64.0 Å². The van der Waals surface area contributed by atoms with Gasteiger partial charge in [-0.25, -0.2) is 4.79 Å². The highest BCUT2D eigenvalue weighted by atomic mass is 32.1. The zero-order valence-corrected chi connectivity index (χ0v) is 25.2. The minimum absolute atomic E-state index is 0.212. The molecule has 0 amide bonds. The summed E-state index contributed by atoms with van der Waals surface area (Å²) in [6.45, 7) is 0.841. The molecule has 0 saturated heterocycles. The number of para-hydroxylation sites is 2. The molecule has 11 heteroatoms. The molecule has 4 aromatic carbocycles. The topological polar surface area (TPSA) is 126 Å². The van der Waals surface area contributed by atoms with Crippen molar-refractivity contribution in [3.05, 3.63) is 113 Å². The Labute approximate surface area is 262 Å². The van der Waals surface area contributed by atoms with E-state index in [4.69, 9.17) is 23.7 Å². The number of rotatable bonds is 7. The molecule has 10 nitrogen and oxygen atoms in total. The van der Waals surface area contributed by atoms with Gasteiger partial charge in [0.25, 0.3) is 5.79 Å². The number of aromatic nitrogens is 2. The van der Waals surface area contributed by atoms with Crippen LogP contribution in [0.4, 0.5) is 0 Å². The van der Waals surface area contributed by atoms with Crippen LogP contribution in [0.3, 0.4) is 0 Å². The maximum atomic E-state index is 13.3. The quantitative estimate of drug-likeness (QED) is 0.186. The molecule has 1 aromatic heterocycles. The number of carbonyl (C=O) groups excluding carboxylic acids is 2. The maximum absolute atomic E-state index is 13.3. The van der Waals surface area contributed by atoms with E-state index in [2.05, 4.69) is 8.75 Å². The van der Waals surface area contributed by atoms with Gasteiger partial charge in [-0.2, -0.15) is 8.75 Å². The van der Waals surface area contributed by atoms with Crippen LogP contribution in [0.2, 0.25) is 0 Å². The van der Waals surface area contributed by atoms with E-state index in [-0.39, 0.29) is 12.0 Å². The normalized spacial score (nSPS) is 16.9. The first kappa shape index (κ1) is 29.8. The molecule has 1 N–H and O–H groups in total. The summed E-state index contributed by atoms with van der Waals surface area (Å²) in [5, 5.41) is 12.0. The second-order valence-corrected chi connectivity index (χ2v) is 10.6. The number of cyclic esters (lactones) is 1. The molecule has 45 heavy (non-hydrogen) atoms. The van der Waals surface area contributed by atoms with E-state index in [9.17, 15) is 14.7 Å². The number of benzene rings is 4. The lowest BCUT2D eigenvalue weighted by Gasteiger charge is -2.27. The van der Waals surface area contributed by atoms with Crippen molar-refractivity contribution >= 4 is 40.6 Å². The van der Waals surface area contributed by atoms with Crippen molar-refractivity contribution in [1.82, 2.24) is 8.75 Å². The average molecular weight is 625 g/mol. The van der Waals surface area contributed by atoms with Crippen molar-refractivity contribution in [1.29, 1.82) is 0 Å². The third-order valence-electron chi connectivity index (χ3n) is 7.46. The standard InChI is InChI=1S/C26H20N2O6S.C8H8O2/c1-31-21-5-3-2-4-15(21)12-18-24(16-6-8-19-20(13-16)28-35-27-19)25(29)34-26(18,30)17-7-9-22-23(14-17)33-11-10-32-22;1-10-8-5-3-2-4-7(8)6-9/h2-9,13-14,30H,10-12H2,1H3;2-6H,1H3. The van der Waals surface area contributed by atoms with Crippen LogP contribution in [0.1, 0.15) is 27.0 Å². The number of hydrogen-bond donors (Lipinski definition) is 1. The number of fused-ring (bicyclic) bond motifs is 2. The summed E-state index contributed by atoms with van der Waals surface area (Å²) in [5.74, 6) is -0.323. The molecule has 2 aliphatic heterocycles. The minimum atomic E-state index is -2.02. The van der Waals surface area contributed by atoms with E-state index in [1.54, 1.807) is 68.8 Å². The molecule has 0 spiro atoms. The van der Waals surface area contributed by atoms with Crippen LogP contribution in [0, 0.1) is 0 Å². The van der Waals surface area contributed by atoms with E-state index < -0.39 is 11.8 Å². The van der Waals surface area contributed by atoms with Crippen molar-refractivity contribution in [2.24, 2.45) is 0 Å². The van der Waals surface area contributed by atoms with Crippen LogP contribution in [0.5, 0.6) is 23.0 Å². The maximum Gasteiger partial charge on any atom is 0.342 e. The smallest absolute Gasteiger partial charge is 0.342 e. The Bertz CT molecular complexity index is 1920. The highest BCUT2D eigenvalue weighted by Crippen LogP contribution is 2.47. The highest BCUT2D eigenvalue weighted by Gasteiger charge is 2.48. The monoisotopic (exact) mass is 624 g/mol. The van der Waals surface area contributed by atoms with Crippen LogP contribution in [0.25, 0.3) is 16.6 Å². The van der Waals surface area contributed by atoms with Crippen LogP contribution < -0.4 is 18.9 Å². The summed E-state index contributed by atoms with van der Waals surface area (Å²) in [4.78, 5) is 23.6. The first-order valence-corrected chi connectivity index (χ1v) is 14.7. The number of ether oxygens (including phenoxy) is 5. The summed E-state index contributed by atoms with van der Waals surface area (Å²) in [6, 6.07) is 25.0. The van der Waals surface area contributed by atoms with Gasteiger partial charge in [0, 0.05) is 17.6 Å². The predicted octanol–water partition coefficient (Wildman–Crippen LogP) is 5.38. The van der Waals surface area contributed by atoms with Gasteiger partial charge in [0.1, 0.15) is 35.7 Å². The van der Waals surface area contributed by atoms with Crippen molar-refractivity contribution < 1.29 is 38.4 Å². The number of aliphatic hydroxyl groups is 1. The summed E-state index contributed by atoms with van der Waals surface area (Å²) < 4.78 is 36.0. The Morgan fingerprint density at radius 2 is 1.58 bits per heavy atom. The Balaban J connectivity index is 0.000000306. The number of nitrogens with zero attached hydrogens (tertiary/aromatic N) is 2. The molecule has 1 atom stereocenters. The summed E-state index contributed by atoms with van der Waals surface area (Å²) >= 11 is 1.10. The van der Waals surface area contributed by atoms with E-state index in [0.717, 1.165) is 29.1 Å². The molecular formula is C34H28N2O8S. The molecule has 0 aliphatic carbocycles. The van der Waals surface area contributed by atoms with Crippen molar-refractivity contribution in [2.45, 2.75) is 12.2 Å². The first-order valence-electron chi connectivity index (χ1n) is 14.0. The Hall–Kier alpha value is -5.26. The summed E-state index contributed by atoms with van der Waals surface area (Å²) in [5.41, 5.74) is 4.42. The van der Waals surface area contributed by atoms with Crippen LogP contribution in [-0.4, -0.2) is 53.5 Å². The van der Waals surface area contributed by atoms with Crippen molar-refractivity contribution in [3.63, 3.8) is 0 Å². The molecule has 0 bridgehead atoms. The van der Waals surface area contributed by atoms with Crippen molar-refractivity contribution in [2.75, 3.05) is 27.4 Å². The Morgan fingerprint density at radius 1 is 0.867 bits per heavy atom. The average Bonchev–Trinajstić information content (AvgIpc) is 3.66. The van der Waals surface area contributed by atoms with Crippen LogP contribution in [-0.2, 0) is 21.7 Å². The zero-order valence-electron chi connectivity index (χ0n) is 24.4. The zero-order chi connectivity index (χ0) is 31.4. The van der Waals surface area contributed by atoms with Crippen LogP contribution in [0.15, 0.2) is 90.5 Å². The van der Waals surface area contributed by atoms with Gasteiger partial charge in [-0.15, -0.1) is 0 Å². The number of hydrogen-bond acceptors (Lipinski definition) is 11. The van der Waals surface area contributed by atoms with Gasteiger partial charge in [0.2, 0.25) is 0 Å². The second kappa shape index (κ2) is 12.8. The lowest BCUT2D eigenvalue weighted by atomic mass is 9.87. The third-order valence-corrected chi connectivity index (χ3v) is 8.01. The molecule has 3 heterocycles. The molecule has 228 valence electrons. The van der Waals surface area contributed by atoms with Gasteiger partial charge in [-0.3, -0.25) is 4.79 Å². The SMILES string of the molecule is COc1ccccc1C=O.COc1ccccc1CC1=C(c2ccc3nsnc3c2)C(=O)OC1(O)c1ccc2c(c1)OCCO2. The predicted molar refractivity (Wildman–Crippen MR) is 167 cm³/mol. The summed E-state index contributed by atoms with van der Waals surface area (Å²) in [6.07, 6.45) is 0.988. The van der Waals surface area contributed by atoms with Crippen molar-refractivity contribution in [3.8, 4) is 23.0 Å². The lowest BCUT2D eigenvalue weighted by molar-refractivity contribution is -0.185. The van der Waals surface area contributed by atoms with E-state index in [1.165, 1.54) is 0 Å². The number of methoxy groups -OCH3 is 2. The lowest BCUT2D eigenvalue weighted by Crippen LogP contribution is -2.30. The van der Waals surface area contributed by atoms with Gasteiger partial charge in [0.05, 0.1) is 37.1 Å². The molecular weight excluding hydrogens is 596 g/mol. The molecule has 7 rings (SSSR count). The molecule has 5 aromatic rings. The van der Waals surface area contributed by atoms with E-state index >= 15 is 0 Å². The largest absolute Gasteiger partial charge is 0.496 e. The minimum Gasteiger partial charge on any atom is -0.496 e. The number of aldehydes is 1. The van der Waals surface area contributed by atoms with Gasteiger partial charge >= 0.3 is 5.97 Å². The fourth-order valence-electron chi connectivity index (χ4n) is 5.27. The van der Waals surface area contributed by atoms with Crippen LogP contribution >= 0.6 is 11.7 Å². The van der Waals surface area contributed by atoms with Gasteiger partial charge in [-0.1, -0.05) is 36.4 Å². The second-order valence-electron chi connectivity index (χ2n) is 10.1. The Morgan fingerprint density at radius 3 is 2.33 bits per heavy atom. The van der Waals surface area contributed by atoms with E-state index in [1.807, 2.05) is 30.3 Å². The molecule has 0 fully saturated rings. The Kier molecular flexibility index (Phi) is 8.45. The fourth-order valence-corrected chi connectivity index (χ4v) is 5.79.